The smallest absolute Gasteiger partial charge is 0.251 e. The van der Waals surface area contributed by atoms with Gasteiger partial charge >= 0.3 is 0 Å². The van der Waals surface area contributed by atoms with Gasteiger partial charge in [0.1, 0.15) is 0 Å². The van der Waals surface area contributed by atoms with Crippen molar-refractivity contribution in [3.8, 4) is 0 Å². The third-order valence-corrected chi connectivity index (χ3v) is 6.30. The number of nitrogens with one attached hydrogen (secondary N) is 2. The molecule has 6 nitrogen and oxygen atoms in total. The Balaban J connectivity index is 0.00000312. The van der Waals surface area contributed by atoms with E-state index in [0.29, 0.717) is 31.1 Å². The Kier molecular flexibility index (Phi) is 8.85. The minimum atomic E-state index is -3.46. The molecule has 1 aromatic carbocycles. The molecule has 0 bridgehead atoms. The molecule has 1 fully saturated rings. The fraction of sp³-hybridized carbons (Fsp3) is 0.588. The van der Waals surface area contributed by atoms with Crippen LogP contribution in [0.25, 0.3) is 0 Å². The standard InChI is InChI=1S/C17H27N3O3S.ClH/c1-14-8-12-20(13-9-14)24(22,23)16-6-4-15(5-7-16)17(21)19-11-3-10-18-2;/h4-7,14,18H,3,8-13H2,1-2H3,(H,19,21);1H. The van der Waals surface area contributed by atoms with E-state index < -0.39 is 10.0 Å². The first-order chi connectivity index (χ1) is 11.4. The molecule has 0 aromatic heterocycles. The number of hydrogen-bond acceptors (Lipinski definition) is 4. The summed E-state index contributed by atoms with van der Waals surface area (Å²) in [5, 5.41) is 5.84. The van der Waals surface area contributed by atoms with Crippen molar-refractivity contribution in [2.75, 3.05) is 33.2 Å². The van der Waals surface area contributed by atoms with E-state index in [1.807, 2.05) is 7.05 Å². The van der Waals surface area contributed by atoms with Crippen LogP contribution >= 0.6 is 12.4 Å². The summed E-state index contributed by atoms with van der Waals surface area (Å²) in [6.07, 6.45) is 2.64. The van der Waals surface area contributed by atoms with Crippen LogP contribution in [0, 0.1) is 5.92 Å². The molecule has 2 N–H and O–H groups in total. The average Bonchev–Trinajstić information content (AvgIpc) is 2.59. The second-order valence-electron chi connectivity index (χ2n) is 6.32. The predicted molar refractivity (Wildman–Crippen MR) is 102 cm³/mol. The van der Waals surface area contributed by atoms with Crippen LogP contribution in [0.1, 0.15) is 36.5 Å². The summed E-state index contributed by atoms with van der Waals surface area (Å²) in [5.74, 6) is 0.396. The quantitative estimate of drug-likeness (QED) is 0.698. The molecule has 2 rings (SSSR count). The van der Waals surface area contributed by atoms with Gasteiger partial charge < -0.3 is 10.6 Å². The molecule has 0 radical (unpaired) electrons. The lowest BCUT2D eigenvalue weighted by Crippen LogP contribution is -2.37. The SMILES string of the molecule is CNCCCNC(=O)c1ccc(S(=O)(=O)N2CCC(C)CC2)cc1.Cl. The number of hydrogen-bond donors (Lipinski definition) is 2. The fourth-order valence-electron chi connectivity index (χ4n) is 2.72. The van der Waals surface area contributed by atoms with Crippen LogP contribution in [-0.4, -0.2) is 51.9 Å². The number of nitrogens with zero attached hydrogens (tertiary/aromatic N) is 1. The molecule has 25 heavy (non-hydrogen) atoms. The monoisotopic (exact) mass is 389 g/mol. The number of benzene rings is 1. The molecular weight excluding hydrogens is 362 g/mol. The van der Waals surface area contributed by atoms with Gasteiger partial charge in [0.2, 0.25) is 10.0 Å². The number of sulfonamides is 1. The van der Waals surface area contributed by atoms with Crippen LogP contribution < -0.4 is 10.6 Å². The normalized spacial score (nSPS) is 16.2. The molecule has 1 amide bonds. The van der Waals surface area contributed by atoms with E-state index in [1.165, 1.54) is 12.1 Å². The van der Waals surface area contributed by atoms with E-state index in [4.69, 9.17) is 0 Å². The van der Waals surface area contributed by atoms with Crippen molar-refractivity contribution < 1.29 is 13.2 Å². The highest BCUT2D eigenvalue weighted by Crippen LogP contribution is 2.23. The van der Waals surface area contributed by atoms with E-state index in [9.17, 15) is 13.2 Å². The first kappa shape index (κ1) is 21.9. The van der Waals surface area contributed by atoms with Gasteiger partial charge in [0.05, 0.1) is 4.90 Å². The van der Waals surface area contributed by atoms with Gasteiger partial charge in [-0.05, 0) is 63.0 Å². The minimum Gasteiger partial charge on any atom is -0.352 e. The number of piperidine rings is 1. The van der Waals surface area contributed by atoms with Gasteiger partial charge in [0.25, 0.3) is 5.91 Å². The van der Waals surface area contributed by atoms with E-state index in [0.717, 1.165) is 25.8 Å². The summed E-state index contributed by atoms with van der Waals surface area (Å²) in [6, 6.07) is 6.20. The van der Waals surface area contributed by atoms with Crippen molar-refractivity contribution in [3.05, 3.63) is 29.8 Å². The van der Waals surface area contributed by atoms with Crippen LogP contribution in [0.5, 0.6) is 0 Å². The maximum atomic E-state index is 12.6. The Morgan fingerprint density at radius 3 is 2.32 bits per heavy atom. The summed E-state index contributed by atoms with van der Waals surface area (Å²) in [4.78, 5) is 12.3. The molecule has 0 spiro atoms. The van der Waals surface area contributed by atoms with E-state index >= 15 is 0 Å². The molecule has 8 heteroatoms. The third-order valence-electron chi connectivity index (χ3n) is 4.39. The second kappa shape index (κ2) is 10.1. The zero-order valence-corrected chi connectivity index (χ0v) is 16.5. The van der Waals surface area contributed by atoms with Gasteiger partial charge in [-0.2, -0.15) is 4.31 Å². The van der Waals surface area contributed by atoms with Crippen molar-refractivity contribution in [1.29, 1.82) is 0 Å². The zero-order chi connectivity index (χ0) is 17.6. The summed E-state index contributed by atoms with van der Waals surface area (Å²) >= 11 is 0. The van der Waals surface area contributed by atoms with E-state index in [2.05, 4.69) is 17.6 Å². The summed E-state index contributed by atoms with van der Waals surface area (Å²) in [5.41, 5.74) is 0.477. The van der Waals surface area contributed by atoms with E-state index in [-0.39, 0.29) is 23.2 Å². The minimum absolute atomic E-state index is 0. The highest BCUT2D eigenvalue weighted by Gasteiger charge is 2.28. The van der Waals surface area contributed by atoms with Crippen molar-refractivity contribution >= 4 is 28.3 Å². The van der Waals surface area contributed by atoms with Gasteiger partial charge in [0, 0.05) is 25.2 Å². The van der Waals surface area contributed by atoms with Gasteiger partial charge in [-0.3, -0.25) is 4.79 Å². The molecule has 1 aliphatic rings. The first-order valence-corrected chi connectivity index (χ1v) is 9.92. The topological polar surface area (TPSA) is 78.5 Å². The fourth-order valence-corrected chi connectivity index (χ4v) is 4.19. The lowest BCUT2D eigenvalue weighted by atomic mass is 10.0. The Bertz CT molecular complexity index is 642. The highest BCUT2D eigenvalue weighted by molar-refractivity contribution is 7.89. The van der Waals surface area contributed by atoms with Crippen LogP contribution in [0.2, 0.25) is 0 Å². The Morgan fingerprint density at radius 1 is 1.16 bits per heavy atom. The number of rotatable bonds is 7. The maximum absolute atomic E-state index is 12.6. The van der Waals surface area contributed by atoms with E-state index in [1.54, 1.807) is 16.4 Å². The summed E-state index contributed by atoms with van der Waals surface area (Å²) < 4.78 is 26.8. The van der Waals surface area contributed by atoms with Crippen molar-refractivity contribution in [1.82, 2.24) is 14.9 Å². The van der Waals surface area contributed by atoms with Crippen molar-refractivity contribution in [2.24, 2.45) is 5.92 Å². The van der Waals surface area contributed by atoms with Crippen molar-refractivity contribution in [3.63, 3.8) is 0 Å². The van der Waals surface area contributed by atoms with Gasteiger partial charge in [-0.15, -0.1) is 12.4 Å². The lowest BCUT2D eigenvalue weighted by Gasteiger charge is -2.29. The summed E-state index contributed by atoms with van der Waals surface area (Å²) in [6.45, 7) is 4.71. The highest BCUT2D eigenvalue weighted by atomic mass is 35.5. The van der Waals surface area contributed by atoms with Crippen LogP contribution in [0.3, 0.4) is 0 Å². The molecule has 1 aromatic rings. The third kappa shape index (κ3) is 5.95. The molecular formula is C17H28ClN3O3S. The number of carbonyl (C=O) groups is 1. The largest absolute Gasteiger partial charge is 0.352 e. The molecule has 1 aliphatic heterocycles. The van der Waals surface area contributed by atoms with Crippen LogP contribution in [0.15, 0.2) is 29.2 Å². The molecule has 0 saturated carbocycles. The lowest BCUT2D eigenvalue weighted by molar-refractivity contribution is 0.0953. The van der Waals surface area contributed by atoms with Crippen molar-refractivity contribution in [2.45, 2.75) is 31.1 Å². The molecule has 1 heterocycles. The number of amides is 1. The Hall–Kier alpha value is -1.15. The number of halogens is 1. The maximum Gasteiger partial charge on any atom is 0.251 e. The second-order valence-corrected chi connectivity index (χ2v) is 8.26. The zero-order valence-electron chi connectivity index (χ0n) is 14.8. The first-order valence-electron chi connectivity index (χ1n) is 8.48. The average molecular weight is 390 g/mol. The number of carbonyl (C=O) groups excluding carboxylic acids is 1. The predicted octanol–water partition coefficient (Wildman–Crippen LogP) is 1.87. The van der Waals surface area contributed by atoms with Crippen LogP contribution in [0.4, 0.5) is 0 Å². The molecule has 1 saturated heterocycles. The van der Waals surface area contributed by atoms with Crippen LogP contribution in [-0.2, 0) is 10.0 Å². The molecule has 142 valence electrons. The molecule has 0 aliphatic carbocycles. The molecule has 0 unspecified atom stereocenters. The Morgan fingerprint density at radius 2 is 1.76 bits per heavy atom. The Labute approximate surface area is 156 Å². The van der Waals surface area contributed by atoms with Gasteiger partial charge in [-0.1, -0.05) is 6.92 Å². The van der Waals surface area contributed by atoms with Gasteiger partial charge in [-0.25, -0.2) is 8.42 Å². The summed E-state index contributed by atoms with van der Waals surface area (Å²) in [7, 11) is -1.59. The van der Waals surface area contributed by atoms with Gasteiger partial charge in [0.15, 0.2) is 0 Å². The molecule has 0 atom stereocenters.